The Morgan fingerprint density at radius 2 is 1.80 bits per heavy atom. The summed E-state index contributed by atoms with van der Waals surface area (Å²) in [7, 11) is 1.42. The van der Waals surface area contributed by atoms with E-state index in [1.165, 1.54) is 7.11 Å². The minimum atomic E-state index is -0.262. The molecule has 0 aliphatic carbocycles. The molecule has 104 valence electrons. The predicted molar refractivity (Wildman–Crippen MR) is 83.4 cm³/mol. The number of thioether (sulfide) groups is 1. The number of carbonyl (C=O) groups is 1. The van der Waals surface area contributed by atoms with Crippen LogP contribution in [0.3, 0.4) is 0 Å². The second-order valence-corrected chi connectivity index (χ2v) is 5.78. The van der Waals surface area contributed by atoms with E-state index in [0.717, 1.165) is 10.5 Å². The molecule has 0 N–H and O–H groups in total. The number of hydrogen-bond acceptors (Lipinski definition) is 3. The third-order valence-corrected chi connectivity index (χ3v) is 4.28. The van der Waals surface area contributed by atoms with Crippen LogP contribution >= 0.6 is 23.4 Å². The summed E-state index contributed by atoms with van der Waals surface area (Å²) in [5.74, 6) is 0.165. The Kier molecular flexibility index (Phi) is 5.50. The van der Waals surface area contributed by atoms with Crippen LogP contribution in [-0.2, 0) is 9.53 Å². The summed E-state index contributed by atoms with van der Waals surface area (Å²) in [6.07, 6.45) is 0. The van der Waals surface area contributed by atoms with Crippen molar-refractivity contribution in [1.82, 2.24) is 0 Å². The van der Waals surface area contributed by atoms with Gasteiger partial charge in [-0.25, -0.2) is 0 Å². The van der Waals surface area contributed by atoms with E-state index >= 15 is 0 Å². The SMILES string of the molecule is COC(=O)C(CSc1ccc(Cl)cc1)c1ccccc1. The lowest BCUT2D eigenvalue weighted by Gasteiger charge is -2.14. The molecule has 20 heavy (non-hydrogen) atoms. The zero-order valence-electron chi connectivity index (χ0n) is 11.1. The molecule has 2 aromatic carbocycles. The Morgan fingerprint density at radius 3 is 2.40 bits per heavy atom. The maximum absolute atomic E-state index is 11.9. The van der Waals surface area contributed by atoms with Crippen LogP contribution in [0.2, 0.25) is 5.02 Å². The molecule has 0 aliphatic heterocycles. The molecule has 4 heteroatoms. The molecule has 0 heterocycles. The normalized spacial score (nSPS) is 11.9. The molecule has 0 saturated carbocycles. The van der Waals surface area contributed by atoms with Crippen LogP contribution in [0, 0.1) is 0 Å². The monoisotopic (exact) mass is 306 g/mol. The van der Waals surface area contributed by atoms with Gasteiger partial charge in [0.25, 0.3) is 0 Å². The second kappa shape index (κ2) is 7.36. The van der Waals surface area contributed by atoms with Gasteiger partial charge in [-0.15, -0.1) is 11.8 Å². The van der Waals surface area contributed by atoms with E-state index in [4.69, 9.17) is 16.3 Å². The molecule has 1 atom stereocenters. The lowest BCUT2D eigenvalue weighted by molar-refractivity contribution is -0.141. The zero-order valence-corrected chi connectivity index (χ0v) is 12.7. The van der Waals surface area contributed by atoms with Crippen molar-refractivity contribution in [3.8, 4) is 0 Å². The minimum absolute atomic E-state index is 0.210. The van der Waals surface area contributed by atoms with E-state index in [1.807, 2.05) is 54.6 Å². The number of ether oxygens (including phenoxy) is 1. The molecule has 0 aliphatic rings. The second-order valence-electron chi connectivity index (χ2n) is 4.25. The highest BCUT2D eigenvalue weighted by Crippen LogP contribution is 2.28. The molecular weight excluding hydrogens is 292 g/mol. The van der Waals surface area contributed by atoms with Crippen molar-refractivity contribution in [2.75, 3.05) is 12.9 Å². The van der Waals surface area contributed by atoms with Crippen LogP contribution < -0.4 is 0 Å². The zero-order chi connectivity index (χ0) is 14.4. The highest BCUT2D eigenvalue weighted by atomic mass is 35.5. The summed E-state index contributed by atoms with van der Waals surface area (Å²) >= 11 is 7.48. The van der Waals surface area contributed by atoms with Gasteiger partial charge >= 0.3 is 5.97 Å². The molecule has 0 spiro atoms. The standard InChI is InChI=1S/C16H15ClO2S/c1-19-16(18)15(12-5-3-2-4-6-12)11-20-14-9-7-13(17)8-10-14/h2-10,15H,11H2,1H3. The summed E-state index contributed by atoms with van der Waals surface area (Å²) in [6.45, 7) is 0. The van der Waals surface area contributed by atoms with Gasteiger partial charge < -0.3 is 4.74 Å². The number of halogens is 1. The summed E-state index contributed by atoms with van der Waals surface area (Å²) in [5, 5.41) is 0.710. The van der Waals surface area contributed by atoms with Gasteiger partial charge in [-0.05, 0) is 29.8 Å². The number of hydrogen-bond donors (Lipinski definition) is 0. The van der Waals surface area contributed by atoms with Crippen molar-refractivity contribution >= 4 is 29.3 Å². The minimum Gasteiger partial charge on any atom is -0.469 e. The lowest BCUT2D eigenvalue weighted by atomic mass is 10.0. The van der Waals surface area contributed by atoms with Gasteiger partial charge in [-0.1, -0.05) is 41.9 Å². The first-order valence-electron chi connectivity index (χ1n) is 6.22. The van der Waals surface area contributed by atoms with Crippen LogP contribution in [-0.4, -0.2) is 18.8 Å². The summed E-state index contributed by atoms with van der Waals surface area (Å²) < 4.78 is 4.90. The summed E-state index contributed by atoms with van der Waals surface area (Å²) in [5.41, 5.74) is 0.973. The molecule has 2 rings (SSSR count). The van der Waals surface area contributed by atoms with Crippen LogP contribution in [0.5, 0.6) is 0 Å². The highest BCUT2D eigenvalue weighted by molar-refractivity contribution is 7.99. The van der Waals surface area contributed by atoms with Crippen LogP contribution in [0.4, 0.5) is 0 Å². The Bertz CT molecular complexity index is 554. The van der Waals surface area contributed by atoms with Gasteiger partial charge in [0.05, 0.1) is 13.0 Å². The molecule has 2 nitrogen and oxygen atoms in total. The molecule has 2 aromatic rings. The Morgan fingerprint density at radius 1 is 1.15 bits per heavy atom. The Hall–Kier alpha value is -1.45. The van der Waals surface area contributed by atoms with Gasteiger partial charge in [0.1, 0.15) is 0 Å². The molecule has 0 bridgehead atoms. The van der Waals surface area contributed by atoms with E-state index in [2.05, 4.69) is 0 Å². The number of carbonyl (C=O) groups excluding carboxylic acids is 1. The van der Waals surface area contributed by atoms with Gasteiger partial charge in [-0.2, -0.15) is 0 Å². The first-order chi connectivity index (χ1) is 9.70. The van der Waals surface area contributed by atoms with E-state index in [-0.39, 0.29) is 11.9 Å². The van der Waals surface area contributed by atoms with Crippen molar-refractivity contribution in [1.29, 1.82) is 0 Å². The fraction of sp³-hybridized carbons (Fsp3) is 0.188. The molecule has 0 radical (unpaired) electrons. The Labute approximate surface area is 128 Å². The van der Waals surface area contributed by atoms with Gasteiger partial charge in [0.2, 0.25) is 0 Å². The van der Waals surface area contributed by atoms with E-state index in [0.29, 0.717) is 10.8 Å². The highest BCUT2D eigenvalue weighted by Gasteiger charge is 2.21. The molecule has 1 unspecified atom stereocenters. The lowest BCUT2D eigenvalue weighted by Crippen LogP contribution is -2.16. The van der Waals surface area contributed by atoms with Crippen LogP contribution in [0.25, 0.3) is 0 Å². The van der Waals surface area contributed by atoms with E-state index < -0.39 is 0 Å². The fourth-order valence-electron chi connectivity index (χ4n) is 1.84. The van der Waals surface area contributed by atoms with E-state index in [9.17, 15) is 4.79 Å². The van der Waals surface area contributed by atoms with Gasteiger partial charge in [0, 0.05) is 15.7 Å². The maximum Gasteiger partial charge on any atom is 0.313 e. The van der Waals surface area contributed by atoms with Crippen LogP contribution in [0.15, 0.2) is 59.5 Å². The number of methoxy groups -OCH3 is 1. The molecule has 0 aromatic heterocycles. The quantitative estimate of drug-likeness (QED) is 0.605. The van der Waals surface area contributed by atoms with Crippen molar-refractivity contribution < 1.29 is 9.53 Å². The third kappa shape index (κ3) is 4.02. The third-order valence-electron chi connectivity index (χ3n) is 2.92. The van der Waals surface area contributed by atoms with Crippen molar-refractivity contribution in [3.63, 3.8) is 0 Å². The average molecular weight is 307 g/mol. The van der Waals surface area contributed by atoms with Gasteiger partial charge in [-0.3, -0.25) is 4.79 Å². The predicted octanol–water partition coefficient (Wildman–Crippen LogP) is 4.39. The summed E-state index contributed by atoms with van der Waals surface area (Å²) in [6, 6.07) is 17.3. The summed E-state index contributed by atoms with van der Waals surface area (Å²) in [4.78, 5) is 13.0. The topological polar surface area (TPSA) is 26.3 Å². The first kappa shape index (κ1) is 14.9. The van der Waals surface area contributed by atoms with E-state index in [1.54, 1.807) is 11.8 Å². The molecule has 0 amide bonds. The Balaban J connectivity index is 2.09. The van der Waals surface area contributed by atoms with Gasteiger partial charge in [0.15, 0.2) is 0 Å². The van der Waals surface area contributed by atoms with Crippen molar-refractivity contribution in [2.45, 2.75) is 10.8 Å². The fourth-order valence-corrected chi connectivity index (χ4v) is 2.98. The van der Waals surface area contributed by atoms with Crippen molar-refractivity contribution in [3.05, 3.63) is 65.2 Å². The molecular formula is C16H15ClO2S. The maximum atomic E-state index is 11.9. The molecule has 0 saturated heterocycles. The first-order valence-corrected chi connectivity index (χ1v) is 7.58. The number of rotatable bonds is 5. The average Bonchev–Trinajstić information content (AvgIpc) is 2.50. The largest absolute Gasteiger partial charge is 0.469 e. The number of esters is 1. The van der Waals surface area contributed by atoms with Crippen LogP contribution in [0.1, 0.15) is 11.5 Å². The smallest absolute Gasteiger partial charge is 0.313 e. The molecule has 0 fully saturated rings. The number of benzene rings is 2. The van der Waals surface area contributed by atoms with Crippen molar-refractivity contribution in [2.24, 2.45) is 0 Å².